The quantitative estimate of drug-likeness (QED) is 0.258. The molecule has 0 saturated heterocycles. The third kappa shape index (κ3) is 16.6. The van der Waals surface area contributed by atoms with E-state index in [4.69, 9.17) is 16.0 Å². The van der Waals surface area contributed by atoms with Gasteiger partial charge in [0.15, 0.2) is 0 Å². The molecular formula is C37H69N3Zr. The second kappa shape index (κ2) is 24.1. The standard InChI is InChI=1S/3C12H22N.CH3.Zr/c3*1-3-7-11(8-4-1)13-12-9-5-2-6-10-12;;/h3*11-12H,1-10H2;1H3;/q4*-1;+4. The van der Waals surface area contributed by atoms with Crippen molar-refractivity contribution < 1.29 is 26.2 Å². The van der Waals surface area contributed by atoms with Gasteiger partial charge in [0.05, 0.1) is 0 Å². The minimum atomic E-state index is 0. The second-order valence-corrected chi connectivity index (χ2v) is 14.2. The summed E-state index contributed by atoms with van der Waals surface area (Å²) in [5, 5.41) is 15.0. The Balaban J connectivity index is 0.000000210. The summed E-state index contributed by atoms with van der Waals surface area (Å²) in [5.74, 6) is 0. The van der Waals surface area contributed by atoms with Crippen molar-refractivity contribution in [3.8, 4) is 0 Å². The molecule has 6 fully saturated rings. The topological polar surface area (TPSA) is 42.3 Å². The van der Waals surface area contributed by atoms with Gasteiger partial charge in [-0.05, 0) is 0 Å². The molecular weight excluding hydrogens is 578 g/mol. The van der Waals surface area contributed by atoms with Crippen LogP contribution in [0.3, 0.4) is 0 Å². The van der Waals surface area contributed by atoms with Crippen molar-refractivity contribution in [1.29, 1.82) is 0 Å². The molecule has 0 radical (unpaired) electrons. The summed E-state index contributed by atoms with van der Waals surface area (Å²) >= 11 is 0. The molecule has 0 aromatic heterocycles. The van der Waals surface area contributed by atoms with Crippen LogP contribution in [0.1, 0.15) is 193 Å². The SMILES string of the molecule is C1CCC([N-]C2CCCCC2)CC1.C1CCC([N-]C2CCCCC2)CC1.C1CCC([N-]C2CCCCC2)CC1.[CH3-].[Zr+4]. The van der Waals surface area contributed by atoms with Crippen molar-refractivity contribution in [2.75, 3.05) is 0 Å². The smallest absolute Gasteiger partial charge is 0.657 e. The first-order valence-corrected chi connectivity index (χ1v) is 18.4. The molecule has 0 unspecified atom stereocenters. The molecule has 0 amide bonds. The maximum absolute atomic E-state index is 5.00. The minimum Gasteiger partial charge on any atom is -0.657 e. The molecule has 3 nitrogen and oxygen atoms in total. The Morgan fingerprint density at radius 2 is 0.341 bits per heavy atom. The van der Waals surface area contributed by atoms with Crippen molar-refractivity contribution in [3.63, 3.8) is 0 Å². The average molecular weight is 647 g/mol. The van der Waals surface area contributed by atoms with Crippen molar-refractivity contribution in [2.45, 2.75) is 229 Å². The monoisotopic (exact) mass is 645 g/mol. The Labute approximate surface area is 277 Å². The van der Waals surface area contributed by atoms with Gasteiger partial charge in [-0.3, -0.25) is 0 Å². The van der Waals surface area contributed by atoms with Crippen molar-refractivity contribution in [2.24, 2.45) is 0 Å². The van der Waals surface area contributed by atoms with Gasteiger partial charge in [-0.25, -0.2) is 0 Å². The molecule has 236 valence electrons. The third-order valence-electron chi connectivity index (χ3n) is 10.7. The van der Waals surface area contributed by atoms with Crippen LogP contribution in [-0.2, 0) is 26.2 Å². The largest absolute Gasteiger partial charge is 4.00 e. The van der Waals surface area contributed by atoms with E-state index in [1.54, 1.807) is 0 Å². The molecule has 6 aliphatic rings. The predicted octanol–water partition coefficient (Wildman–Crippen LogP) is 12.5. The Hall–Kier alpha value is 0.763. The Bertz CT molecular complexity index is 436. The van der Waals surface area contributed by atoms with Gasteiger partial charge in [0.1, 0.15) is 0 Å². The fourth-order valence-corrected chi connectivity index (χ4v) is 8.28. The first-order valence-electron chi connectivity index (χ1n) is 18.4. The van der Waals surface area contributed by atoms with Gasteiger partial charge in [0.2, 0.25) is 0 Å². The zero-order valence-corrected chi connectivity index (χ0v) is 30.0. The van der Waals surface area contributed by atoms with Crippen LogP contribution in [-0.4, -0.2) is 36.3 Å². The summed E-state index contributed by atoms with van der Waals surface area (Å²) in [6.45, 7) is 0. The molecule has 6 rings (SSSR count). The van der Waals surface area contributed by atoms with Crippen molar-refractivity contribution in [1.82, 2.24) is 0 Å². The average Bonchev–Trinajstić information content (AvgIpc) is 3.01. The van der Waals surface area contributed by atoms with Crippen LogP contribution in [0.25, 0.3) is 16.0 Å². The van der Waals surface area contributed by atoms with Gasteiger partial charge in [-0.1, -0.05) is 193 Å². The Morgan fingerprint density at radius 3 is 0.463 bits per heavy atom. The summed E-state index contributed by atoms with van der Waals surface area (Å²) in [6, 6.07) is 4.48. The van der Waals surface area contributed by atoms with Gasteiger partial charge in [-0.15, -0.1) is 36.3 Å². The van der Waals surface area contributed by atoms with E-state index in [1.165, 1.54) is 193 Å². The van der Waals surface area contributed by atoms with Crippen LogP contribution in [0, 0.1) is 7.43 Å². The molecule has 0 aromatic carbocycles. The molecule has 41 heavy (non-hydrogen) atoms. The van der Waals surface area contributed by atoms with E-state index in [0.29, 0.717) is 0 Å². The first-order chi connectivity index (χ1) is 19.3. The third-order valence-corrected chi connectivity index (χ3v) is 10.7. The van der Waals surface area contributed by atoms with Crippen molar-refractivity contribution in [3.05, 3.63) is 23.4 Å². The van der Waals surface area contributed by atoms with E-state index in [-0.39, 0.29) is 33.6 Å². The molecule has 0 heterocycles. The second-order valence-electron chi connectivity index (χ2n) is 14.2. The van der Waals surface area contributed by atoms with Crippen LogP contribution in [0.5, 0.6) is 0 Å². The molecule has 4 heteroatoms. The maximum Gasteiger partial charge on any atom is 4.00 e. The molecule has 0 atom stereocenters. The van der Waals surface area contributed by atoms with Crippen LogP contribution in [0.15, 0.2) is 0 Å². The first kappa shape index (κ1) is 37.9. The van der Waals surface area contributed by atoms with E-state index >= 15 is 0 Å². The van der Waals surface area contributed by atoms with Crippen LogP contribution < -0.4 is 0 Å². The minimum absolute atomic E-state index is 0. The molecule has 0 aromatic rings. The van der Waals surface area contributed by atoms with Gasteiger partial charge >= 0.3 is 26.2 Å². The molecule has 0 N–H and O–H groups in total. The zero-order chi connectivity index (χ0) is 26.8. The van der Waals surface area contributed by atoms with Gasteiger partial charge in [0.25, 0.3) is 0 Å². The number of hydrogen-bond donors (Lipinski definition) is 0. The van der Waals surface area contributed by atoms with Crippen LogP contribution >= 0.6 is 0 Å². The molecule has 0 bridgehead atoms. The van der Waals surface area contributed by atoms with E-state index in [1.807, 2.05) is 0 Å². The van der Waals surface area contributed by atoms with Gasteiger partial charge < -0.3 is 23.4 Å². The van der Waals surface area contributed by atoms with Gasteiger partial charge in [-0.2, -0.15) is 0 Å². The van der Waals surface area contributed by atoms with E-state index in [2.05, 4.69) is 0 Å². The Kier molecular flexibility index (Phi) is 22.3. The summed E-state index contributed by atoms with van der Waals surface area (Å²) in [7, 11) is 0. The number of hydrogen-bond acceptors (Lipinski definition) is 0. The number of rotatable bonds is 6. The maximum atomic E-state index is 5.00. The van der Waals surface area contributed by atoms with E-state index < -0.39 is 0 Å². The van der Waals surface area contributed by atoms with E-state index in [9.17, 15) is 0 Å². The van der Waals surface area contributed by atoms with Crippen LogP contribution in [0.4, 0.5) is 0 Å². The van der Waals surface area contributed by atoms with E-state index in [0.717, 1.165) is 36.3 Å². The molecule has 6 saturated carbocycles. The summed E-state index contributed by atoms with van der Waals surface area (Å²) in [5.41, 5.74) is 0. The summed E-state index contributed by atoms with van der Waals surface area (Å²) in [6.07, 6.45) is 42.5. The van der Waals surface area contributed by atoms with Gasteiger partial charge in [0, 0.05) is 0 Å². The zero-order valence-electron chi connectivity index (χ0n) is 27.5. The molecule has 6 aliphatic carbocycles. The predicted molar refractivity (Wildman–Crippen MR) is 178 cm³/mol. The fourth-order valence-electron chi connectivity index (χ4n) is 8.28. The normalized spacial score (nSPS) is 26.3. The number of nitrogens with zero attached hydrogens (tertiary/aromatic N) is 3. The van der Waals surface area contributed by atoms with Crippen LogP contribution in [0.2, 0.25) is 0 Å². The van der Waals surface area contributed by atoms with Crippen molar-refractivity contribution >= 4 is 0 Å². The molecule has 0 spiro atoms. The molecule has 0 aliphatic heterocycles. The fraction of sp³-hybridized carbons (Fsp3) is 0.973. The summed E-state index contributed by atoms with van der Waals surface area (Å²) < 4.78 is 0. The Morgan fingerprint density at radius 1 is 0.220 bits per heavy atom. The summed E-state index contributed by atoms with van der Waals surface area (Å²) in [4.78, 5) is 0.